The van der Waals surface area contributed by atoms with Crippen LogP contribution in [0.2, 0.25) is 0 Å². The van der Waals surface area contributed by atoms with Gasteiger partial charge < -0.3 is 10.4 Å². The zero-order valence-corrected chi connectivity index (χ0v) is 15.7. The maximum Gasteiger partial charge on any atom is 0.305 e. The van der Waals surface area contributed by atoms with Gasteiger partial charge in [0.2, 0.25) is 10.0 Å². The van der Waals surface area contributed by atoms with E-state index in [0.717, 1.165) is 0 Å². The molecule has 0 saturated heterocycles. The second kappa shape index (κ2) is 9.18. The van der Waals surface area contributed by atoms with E-state index in [2.05, 4.69) is 10.0 Å². The van der Waals surface area contributed by atoms with Crippen LogP contribution in [0.3, 0.4) is 0 Å². The van der Waals surface area contributed by atoms with E-state index in [4.69, 9.17) is 5.11 Å². The molecule has 27 heavy (non-hydrogen) atoms. The van der Waals surface area contributed by atoms with Crippen LogP contribution in [0.25, 0.3) is 0 Å². The van der Waals surface area contributed by atoms with Crippen molar-refractivity contribution in [1.29, 1.82) is 0 Å². The Morgan fingerprint density at radius 1 is 1.07 bits per heavy atom. The zero-order valence-electron chi connectivity index (χ0n) is 14.9. The summed E-state index contributed by atoms with van der Waals surface area (Å²) in [6.07, 6.45) is 0.210. The Kier molecular flexibility index (Phi) is 6.95. The molecule has 0 aliphatic carbocycles. The van der Waals surface area contributed by atoms with E-state index in [1.54, 1.807) is 49.4 Å². The molecule has 0 aliphatic heterocycles. The van der Waals surface area contributed by atoms with Crippen molar-refractivity contribution in [2.45, 2.75) is 25.8 Å². The van der Waals surface area contributed by atoms with Crippen LogP contribution in [0.5, 0.6) is 0 Å². The Morgan fingerprint density at radius 3 is 2.41 bits per heavy atom. The minimum atomic E-state index is -3.47. The lowest BCUT2D eigenvalue weighted by atomic mass is 10.0. The van der Waals surface area contributed by atoms with Crippen molar-refractivity contribution in [3.63, 3.8) is 0 Å². The van der Waals surface area contributed by atoms with Crippen LogP contribution in [0.15, 0.2) is 54.6 Å². The van der Waals surface area contributed by atoms with E-state index in [1.807, 2.05) is 0 Å². The highest BCUT2D eigenvalue weighted by atomic mass is 32.2. The van der Waals surface area contributed by atoms with Gasteiger partial charge in [0.1, 0.15) is 0 Å². The van der Waals surface area contributed by atoms with Gasteiger partial charge in [0.15, 0.2) is 0 Å². The summed E-state index contributed by atoms with van der Waals surface area (Å²) >= 11 is 0. The average molecular weight is 390 g/mol. The van der Waals surface area contributed by atoms with Crippen LogP contribution in [0.1, 0.15) is 41.7 Å². The number of nitrogens with one attached hydrogen (secondary N) is 2. The third-order valence-corrected chi connectivity index (χ3v) is 5.25. The van der Waals surface area contributed by atoms with Gasteiger partial charge in [-0.1, -0.05) is 43.3 Å². The van der Waals surface area contributed by atoms with Gasteiger partial charge in [-0.3, -0.25) is 14.3 Å². The molecule has 2 aromatic rings. The molecule has 2 rings (SSSR count). The SMILES string of the molecule is CCCS(=O)(=O)Nc1cccc(C(=O)NC(CC(=O)O)c2ccccc2)c1. The first-order valence-electron chi connectivity index (χ1n) is 8.49. The first-order valence-corrected chi connectivity index (χ1v) is 10.1. The molecule has 144 valence electrons. The van der Waals surface area contributed by atoms with Crippen LogP contribution in [0, 0.1) is 0 Å². The standard InChI is InChI=1S/C19H22N2O5S/c1-2-11-27(25,26)21-16-10-6-9-15(12-16)19(24)20-17(13-18(22)23)14-7-4-3-5-8-14/h3-10,12,17,21H,2,11,13H2,1H3,(H,20,24)(H,22,23). The van der Waals surface area contributed by atoms with Crippen molar-refractivity contribution < 1.29 is 23.1 Å². The molecule has 0 spiro atoms. The van der Waals surface area contributed by atoms with Gasteiger partial charge in [-0.15, -0.1) is 0 Å². The second-order valence-corrected chi connectivity index (χ2v) is 7.88. The number of carbonyl (C=O) groups is 2. The molecule has 0 aliphatic rings. The molecule has 0 heterocycles. The number of hydrogen-bond donors (Lipinski definition) is 3. The lowest BCUT2D eigenvalue weighted by Crippen LogP contribution is -2.30. The molecule has 8 heteroatoms. The van der Waals surface area contributed by atoms with Crippen molar-refractivity contribution in [1.82, 2.24) is 5.32 Å². The highest BCUT2D eigenvalue weighted by Gasteiger charge is 2.19. The van der Waals surface area contributed by atoms with Crippen LogP contribution < -0.4 is 10.0 Å². The topological polar surface area (TPSA) is 113 Å². The number of anilines is 1. The van der Waals surface area contributed by atoms with Crippen molar-refractivity contribution in [2.75, 3.05) is 10.5 Å². The van der Waals surface area contributed by atoms with E-state index in [0.29, 0.717) is 12.0 Å². The summed E-state index contributed by atoms with van der Waals surface area (Å²) in [5.41, 5.74) is 1.19. The minimum Gasteiger partial charge on any atom is -0.481 e. The second-order valence-electron chi connectivity index (χ2n) is 6.04. The lowest BCUT2D eigenvalue weighted by molar-refractivity contribution is -0.137. The molecule has 7 nitrogen and oxygen atoms in total. The molecule has 0 bridgehead atoms. The summed E-state index contributed by atoms with van der Waals surface area (Å²) in [5.74, 6) is -1.54. The summed E-state index contributed by atoms with van der Waals surface area (Å²) in [5, 5.41) is 11.8. The smallest absolute Gasteiger partial charge is 0.305 e. The summed E-state index contributed by atoms with van der Waals surface area (Å²) < 4.78 is 26.2. The Bertz CT molecular complexity index is 897. The number of carboxylic acids is 1. The number of amides is 1. The Balaban J connectivity index is 2.18. The maximum absolute atomic E-state index is 12.6. The van der Waals surface area contributed by atoms with Crippen molar-refractivity contribution in [2.24, 2.45) is 0 Å². The highest BCUT2D eigenvalue weighted by molar-refractivity contribution is 7.92. The molecule has 0 aromatic heterocycles. The zero-order chi connectivity index (χ0) is 19.9. The first-order chi connectivity index (χ1) is 12.8. The van der Waals surface area contributed by atoms with E-state index in [-0.39, 0.29) is 23.4 Å². The number of hydrogen-bond acceptors (Lipinski definition) is 4. The van der Waals surface area contributed by atoms with Crippen molar-refractivity contribution in [3.05, 3.63) is 65.7 Å². The summed E-state index contributed by atoms with van der Waals surface area (Å²) in [6.45, 7) is 1.76. The van der Waals surface area contributed by atoms with E-state index in [9.17, 15) is 18.0 Å². The molecule has 0 fully saturated rings. The average Bonchev–Trinajstić information content (AvgIpc) is 2.61. The number of aliphatic carboxylic acids is 1. The molecular weight excluding hydrogens is 368 g/mol. The Hall–Kier alpha value is -2.87. The quantitative estimate of drug-likeness (QED) is 0.609. The largest absolute Gasteiger partial charge is 0.481 e. The lowest BCUT2D eigenvalue weighted by Gasteiger charge is -2.18. The molecule has 3 N–H and O–H groups in total. The summed E-state index contributed by atoms with van der Waals surface area (Å²) in [7, 11) is -3.47. The monoisotopic (exact) mass is 390 g/mol. The fraction of sp³-hybridized carbons (Fsp3) is 0.263. The number of carboxylic acid groups (broad SMARTS) is 1. The van der Waals surface area contributed by atoms with Gasteiger partial charge in [0, 0.05) is 11.3 Å². The minimum absolute atomic E-state index is 0.0158. The van der Waals surface area contributed by atoms with Crippen molar-refractivity contribution in [3.8, 4) is 0 Å². The summed E-state index contributed by atoms with van der Waals surface area (Å²) in [4.78, 5) is 23.7. The molecule has 2 aromatic carbocycles. The number of rotatable bonds is 9. The molecule has 1 atom stereocenters. The van der Waals surface area contributed by atoms with Crippen LogP contribution in [0.4, 0.5) is 5.69 Å². The maximum atomic E-state index is 12.6. The third kappa shape index (κ3) is 6.41. The highest BCUT2D eigenvalue weighted by Crippen LogP contribution is 2.19. The third-order valence-electron chi connectivity index (χ3n) is 3.76. The van der Waals surface area contributed by atoms with E-state index >= 15 is 0 Å². The van der Waals surface area contributed by atoms with Crippen LogP contribution in [-0.4, -0.2) is 31.2 Å². The van der Waals surface area contributed by atoms with Gasteiger partial charge >= 0.3 is 5.97 Å². The molecular formula is C19H22N2O5S. The van der Waals surface area contributed by atoms with Gasteiger partial charge in [-0.2, -0.15) is 0 Å². The molecule has 1 amide bonds. The Labute approximate surface area is 158 Å². The Morgan fingerprint density at radius 2 is 1.78 bits per heavy atom. The van der Waals surface area contributed by atoms with Crippen LogP contribution in [-0.2, 0) is 14.8 Å². The van der Waals surface area contributed by atoms with Gasteiger partial charge in [0.25, 0.3) is 5.91 Å². The predicted molar refractivity (Wildman–Crippen MR) is 103 cm³/mol. The molecule has 0 radical (unpaired) electrons. The van der Waals surface area contributed by atoms with Gasteiger partial charge in [-0.25, -0.2) is 8.42 Å². The summed E-state index contributed by atoms with van der Waals surface area (Å²) in [6, 6.07) is 14.2. The fourth-order valence-electron chi connectivity index (χ4n) is 2.58. The van der Waals surface area contributed by atoms with Gasteiger partial charge in [0.05, 0.1) is 18.2 Å². The number of carbonyl (C=O) groups excluding carboxylic acids is 1. The normalized spacial score (nSPS) is 12.2. The van der Waals surface area contributed by atoms with Crippen LogP contribution >= 0.6 is 0 Å². The first kappa shape index (κ1) is 20.4. The van der Waals surface area contributed by atoms with Gasteiger partial charge in [-0.05, 0) is 30.2 Å². The number of sulfonamides is 1. The molecule has 1 unspecified atom stereocenters. The fourth-order valence-corrected chi connectivity index (χ4v) is 3.70. The van der Waals surface area contributed by atoms with E-state index in [1.165, 1.54) is 12.1 Å². The molecule has 0 saturated carbocycles. The number of benzene rings is 2. The predicted octanol–water partition coefficient (Wildman–Crippen LogP) is 2.78. The van der Waals surface area contributed by atoms with E-state index < -0.39 is 27.9 Å². The van der Waals surface area contributed by atoms with Crippen molar-refractivity contribution >= 4 is 27.6 Å².